The quantitative estimate of drug-likeness (QED) is 0.262. The van der Waals surface area contributed by atoms with Crippen LogP contribution in [-0.2, 0) is 6.42 Å². The van der Waals surface area contributed by atoms with Crippen LogP contribution >= 0.6 is 0 Å². The number of hydrogen-bond acceptors (Lipinski definition) is 7. The second-order valence-corrected chi connectivity index (χ2v) is 8.96. The lowest BCUT2D eigenvalue weighted by Gasteiger charge is -2.28. The number of primary amides is 1. The molecule has 0 aliphatic rings. The number of aromatic nitrogens is 3. The molecule has 1 amide bonds. The van der Waals surface area contributed by atoms with Crippen molar-refractivity contribution in [3.63, 3.8) is 0 Å². The summed E-state index contributed by atoms with van der Waals surface area (Å²) in [6, 6.07) is 16.4. The minimum Gasteiger partial charge on any atom is -0.490 e. The van der Waals surface area contributed by atoms with Crippen LogP contribution in [0.2, 0.25) is 0 Å². The van der Waals surface area contributed by atoms with Gasteiger partial charge in [-0.3, -0.25) is 9.89 Å². The van der Waals surface area contributed by atoms with Crippen LogP contribution in [0.1, 0.15) is 29.8 Å². The SMILES string of the molecule is CC(C)(Cc1ccc(Oc2ncccc2C(N)=O)cc1)NC[C@@H](O)COc1cccc2[nH]ncc12. The fraction of sp³-hybridized carbons (Fsp3) is 0.269. The lowest BCUT2D eigenvalue weighted by Crippen LogP contribution is -2.46. The second kappa shape index (κ2) is 10.5. The van der Waals surface area contributed by atoms with Gasteiger partial charge in [-0.2, -0.15) is 5.10 Å². The average molecular weight is 476 g/mol. The Balaban J connectivity index is 1.28. The molecule has 2 aromatic carbocycles. The topological polar surface area (TPSA) is 135 Å². The zero-order chi connectivity index (χ0) is 24.8. The first-order valence-electron chi connectivity index (χ1n) is 11.3. The number of benzene rings is 2. The van der Waals surface area contributed by atoms with E-state index in [-0.39, 0.29) is 23.6 Å². The van der Waals surface area contributed by atoms with Crippen molar-refractivity contribution in [2.45, 2.75) is 31.9 Å². The van der Waals surface area contributed by atoms with Crippen LogP contribution in [0, 0.1) is 0 Å². The molecule has 2 heterocycles. The van der Waals surface area contributed by atoms with Crippen molar-refractivity contribution in [2.75, 3.05) is 13.2 Å². The summed E-state index contributed by atoms with van der Waals surface area (Å²) in [5, 5.41) is 21.7. The molecule has 1 atom stereocenters. The van der Waals surface area contributed by atoms with Crippen molar-refractivity contribution in [3.05, 3.63) is 78.1 Å². The third kappa shape index (κ3) is 6.34. The predicted octanol–water partition coefficient (Wildman–Crippen LogP) is 3.20. The molecule has 0 spiro atoms. The molecule has 0 saturated heterocycles. The lowest BCUT2D eigenvalue weighted by molar-refractivity contribution is 0.0995. The third-order valence-corrected chi connectivity index (χ3v) is 5.51. The molecule has 4 aromatic rings. The van der Waals surface area contributed by atoms with Gasteiger partial charge in [-0.25, -0.2) is 4.98 Å². The number of nitrogens with zero attached hydrogens (tertiary/aromatic N) is 2. The van der Waals surface area contributed by atoms with E-state index < -0.39 is 12.0 Å². The van der Waals surface area contributed by atoms with Crippen LogP contribution in [0.5, 0.6) is 17.4 Å². The molecule has 9 nitrogen and oxygen atoms in total. The molecule has 0 bridgehead atoms. The highest BCUT2D eigenvalue weighted by molar-refractivity contribution is 5.95. The maximum absolute atomic E-state index is 11.6. The maximum atomic E-state index is 11.6. The smallest absolute Gasteiger partial charge is 0.254 e. The highest BCUT2D eigenvalue weighted by Gasteiger charge is 2.20. The molecular formula is C26H29N5O4. The number of β-amino-alcohol motifs (C(OH)–C–C–N with tert-alkyl or cyclic N) is 1. The number of hydrogen-bond donors (Lipinski definition) is 4. The van der Waals surface area contributed by atoms with Gasteiger partial charge in [0.05, 0.1) is 17.1 Å². The van der Waals surface area contributed by atoms with Crippen LogP contribution in [0.4, 0.5) is 0 Å². The summed E-state index contributed by atoms with van der Waals surface area (Å²) in [7, 11) is 0. The number of fused-ring (bicyclic) bond motifs is 1. The number of rotatable bonds is 11. The zero-order valence-electron chi connectivity index (χ0n) is 19.7. The highest BCUT2D eigenvalue weighted by Crippen LogP contribution is 2.25. The number of aliphatic hydroxyl groups excluding tert-OH is 1. The predicted molar refractivity (Wildman–Crippen MR) is 133 cm³/mol. The van der Waals surface area contributed by atoms with Crippen molar-refractivity contribution in [1.82, 2.24) is 20.5 Å². The monoisotopic (exact) mass is 475 g/mol. The molecule has 182 valence electrons. The summed E-state index contributed by atoms with van der Waals surface area (Å²) in [4.78, 5) is 15.6. The first-order chi connectivity index (χ1) is 16.8. The highest BCUT2D eigenvalue weighted by atomic mass is 16.5. The Morgan fingerprint density at radius 3 is 2.74 bits per heavy atom. The Kier molecular flexibility index (Phi) is 7.28. The Morgan fingerprint density at radius 1 is 1.17 bits per heavy atom. The summed E-state index contributed by atoms with van der Waals surface area (Å²) in [6.07, 6.45) is 3.30. The molecule has 0 aliphatic carbocycles. The first-order valence-corrected chi connectivity index (χ1v) is 11.3. The summed E-state index contributed by atoms with van der Waals surface area (Å²) < 4.78 is 11.5. The molecule has 0 aliphatic heterocycles. The Hall–Kier alpha value is -3.95. The van der Waals surface area contributed by atoms with Gasteiger partial charge in [0.1, 0.15) is 29.8 Å². The molecule has 0 unspecified atom stereocenters. The standard InChI is InChI=1S/C26H29N5O4/c1-26(2,29-14-18(32)16-34-23-7-3-6-22-21(23)15-30-31-22)13-17-8-10-19(11-9-17)35-25-20(24(27)33)5-4-12-28-25/h3-12,15,18,29,32H,13-14,16H2,1-2H3,(H2,27,33)(H,30,31)/t18-/m1/s1. The minimum atomic E-state index is -0.676. The zero-order valence-corrected chi connectivity index (χ0v) is 19.7. The van der Waals surface area contributed by atoms with Gasteiger partial charge in [0.15, 0.2) is 0 Å². The third-order valence-electron chi connectivity index (χ3n) is 5.51. The molecule has 4 rings (SSSR count). The maximum Gasteiger partial charge on any atom is 0.254 e. The molecular weight excluding hydrogens is 446 g/mol. The van der Waals surface area contributed by atoms with Crippen molar-refractivity contribution in [1.29, 1.82) is 0 Å². The number of pyridine rings is 1. The van der Waals surface area contributed by atoms with Crippen molar-refractivity contribution < 1.29 is 19.4 Å². The lowest BCUT2D eigenvalue weighted by atomic mass is 9.94. The number of nitrogens with one attached hydrogen (secondary N) is 2. The summed E-state index contributed by atoms with van der Waals surface area (Å²) in [5.41, 5.74) is 7.32. The fourth-order valence-electron chi connectivity index (χ4n) is 3.73. The Labute approximate surface area is 203 Å². The molecule has 35 heavy (non-hydrogen) atoms. The van der Waals surface area contributed by atoms with Crippen LogP contribution in [0.25, 0.3) is 10.9 Å². The van der Waals surface area contributed by atoms with Gasteiger partial charge in [-0.15, -0.1) is 0 Å². The van der Waals surface area contributed by atoms with Crippen LogP contribution in [-0.4, -0.2) is 51.0 Å². The number of nitrogens with two attached hydrogens (primary N) is 1. The van der Waals surface area contributed by atoms with Crippen molar-refractivity contribution >= 4 is 16.8 Å². The van der Waals surface area contributed by atoms with E-state index in [0.29, 0.717) is 18.0 Å². The van der Waals surface area contributed by atoms with Gasteiger partial charge in [0.2, 0.25) is 5.88 Å². The van der Waals surface area contributed by atoms with Crippen molar-refractivity contribution in [2.24, 2.45) is 5.73 Å². The van der Waals surface area contributed by atoms with E-state index in [1.165, 1.54) is 0 Å². The van der Waals surface area contributed by atoms with E-state index in [0.717, 1.165) is 22.9 Å². The average Bonchev–Trinajstić information content (AvgIpc) is 3.32. The van der Waals surface area contributed by atoms with Gasteiger partial charge in [0.25, 0.3) is 5.91 Å². The van der Waals surface area contributed by atoms with Gasteiger partial charge in [0, 0.05) is 18.3 Å². The molecule has 0 fully saturated rings. The van der Waals surface area contributed by atoms with E-state index in [1.54, 1.807) is 24.5 Å². The number of aliphatic hydroxyl groups is 1. The fourth-order valence-corrected chi connectivity index (χ4v) is 3.73. The number of ether oxygens (including phenoxy) is 2. The van der Waals surface area contributed by atoms with E-state index >= 15 is 0 Å². The number of carbonyl (C=O) groups excluding carboxylic acids is 1. The van der Waals surface area contributed by atoms with Gasteiger partial charge >= 0.3 is 0 Å². The van der Waals surface area contributed by atoms with Gasteiger partial charge < -0.3 is 25.6 Å². The number of aromatic amines is 1. The summed E-state index contributed by atoms with van der Waals surface area (Å²) in [5.74, 6) is 0.824. The van der Waals surface area contributed by atoms with Crippen LogP contribution < -0.4 is 20.5 Å². The van der Waals surface area contributed by atoms with Gasteiger partial charge in [-0.1, -0.05) is 18.2 Å². The van der Waals surface area contributed by atoms with Crippen molar-refractivity contribution in [3.8, 4) is 17.4 Å². The normalized spacial score (nSPS) is 12.4. The molecule has 0 radical (unpaired) electrons. The number of carbonyl (C=O) groups is 1. The molecule has 9 heteroatoms. The van der Waals surface area contributed by atoms with E-state index in [1.807, 2.05) is 42.5 Å². The Bertz CT molecular complexity index is 1290. The molecule has 2 aromatic heterocycles. The van der Waals surface area contributed by atoms with Crippen LogP contribution in [0.15, 0.2) is 67.0 Å². The molecule has 5 N–H and O–H groups in total. The van der Waals surface area contributed by atoms with Crippen LogP contribution in [0.3, 0.4) is 0 Å². The largest absolute Gasteiger partial charge is 0.490 e. The first kappa shape index (κ1) is 24.2. The Morgan fingerprint density at radius 2 is 1.97 bits per heavy atom. The van der Waals surface area contributed by atoms with Gasteiger partial charge in [-0.05, 0) is 62.2 Å². The second-order valence-electron chi connectivity index (χ2n) is 8.96. The molecule has 0 saturated carbocycles. The number of H-pyrrole nitrogens is 1. The van der Waals surface area contributed by atoms with E-state index in [9.17, 15) is 9.90 Å². The summed E-state index contributed by atoms with van der Waals surface area (Å²) in [6.45, 7) is 4.69. The summed E-state index contributed by atoms with van der Waals surface area (Å²) >= 11 is 0. The van der Waals surface area contributed by atoms with E-state index in [2.05, 4.69) is 34.3 Å². The minimum absolute atomic E-state index is 0.167. The van der Waals surface area contributed by atoms with E-state index in [4.69, 9.17) is 15.2 Å². The number of amides is 1.